The molecule has 0 radical (unpaired) electrons. The topological polar surface area (TPSA) is 144 Å². The number of fused-ring (bicyclic) bond motifs is 1. The van der Waals surface area contributed by atoms with Crippen molar-refractivity contribution < 1.29 is 24.2 Å². The van der Waals surface area contributed by atoms with Crippen LogP contribution < -0.4 is 15.6 Å². The fourth-order valence-corrected chi connectivity index (χ4v) is 7.74. The average Bonchev–Trinajstić information content (AvgIpc) is 3.64. The highest BCUT2D eigenvalue weighted by Gasteiger charge is 2.34. The van der Waals surface area contributed by atoms with Crippen molar-refractivity contribution in [3.63, 3.8) is 0 Å². The minimum Gasteiger partial charge on any atom is -0.477 e. The van der Waals surface area contributed by atoms with Crippen LogP contribution in [-0.2, 0) is 14.3 Å². The second-order valence-electron chi connectivity index (χ2n) is 14.2. The number of pyridine rings is 2. The lowest BCUT2D eigenvalue weighted by atomic mass is 9.91. The molecule has 51 heavy (non-hydrogen) atoms. The van der Waals surface area contributed by atoms with Gasteiger partial charge < -0.3 is 20.1 Å². The van der Waals surface area contributed by atoms with Crippen LogP contribution in [0, 0.1) is 5.92 Å². The Balaban J connectivity index is 1.22. The normalized spacial score (nSPS) is 16.3. The molecule has 1 atom stereocenters. The van der Waals surface area contributed by atoms with Gasteiger partial charge in [0.25, 0.3) is 0 Å². The predicted molar refractivity (Wildman–Crippen MR) is 202 cm³/mol. The molecule has 0 spiro atoms. The van der Waals surface area contributed by atoms with Crippen LogP contribution in [0.1, 0.15) is 139 Å². The molecule has 3 aromatic heterocycles. The van der Waals surface area contributed by atoms with Crippen LogP contribution in [0.2, 0.25) is 0 Å². The number of nitrogens with one attached hydrogen (secondary N) is 1. The highest BCUT2D eigenvalue weighted by molar-refractivity contribution is 7.12. The van der Waals surface area contributed by atoms with Crippen molar-refractivity contribution in [2.75, 3.05) is 29.9 Å². The first-order valence-electron chi connectivity index (χ1n) is 19.3. The Morgan fingerprint density at radius 1 is 0.961 bits per heavy atom. The largest absolute Gasteiger partial charge is 0.477 e. The van der Waals surface area contributed by atoms with E-state index >= 15 is 0 Å². The number of amides is 1. The van der Waals surface area contributed by atoms with Crippen LogP contribution in [0.25, 0.3) is 16.2 Å². The van der Waals surface area contributed by atoms with E-state index in [4.69, 9.17) is 9.72 Å². The smallest absolute Gasteiger partial charge is 0.341 e. The van der Waals surface area contributed by atoms with E-state index in [1.165, 1.54) is 79.9 Å². The number of thiazole rings is 1. The first kappa shape index (κ1) is 38.6. The maximum atomic E-state index is 13.6. The second-order valence-corrected chi connectivity index (χ2v) is 15.1. The number of ketones is 1. The number of carbonyl (C=O) groups is 3. The number of carboxylic acid groups (broad SMARTS) is 1. The van der Waals surface area contributed by atoms with Crippen LogP contribution in [0.3, 0.4) is 0 Å². The van der Waals surface area contributed by atoms with Gasteiger partial charge in [0.15, 0.2) is 10.8 Å². The number of nitrogens with zero attached hydrogens (tertiary/aromatic N) is 4. The zero-order chi connectivity index (χ0) is 36.0. The number of rotatable bonds is 22. The zero-order valence-electron chi connectivity index (χ0n) is 30.2. The minimum atomic E-state index is -1.37. The van der Waals surface area contributed by atoms with Crippen molar-refractivity contribution in [1.82, 2.24) is 14.5 Å². The van der Waals surface area contributed by atoms with E-state index in [0.29, 0.717) is 36.9 Å². The van der Waals surface area contributed by atoms with Gasteiger partial charge in [-0.15, -0.1) is 11.3 Å². The summed E-state index contributed by atoms with van der Waals surface area (Å²) in [6.45, 7) is 3.96. The minimum absolute atomic E-state index is 0.0215. The Bertz CT molecular complexity index is 1650. The molecule has 278 valence electrons. The van der Waals surface area contributed by atoms with E-state index in [9.17, 15) is 24.3 Å². The molecule has 0 bridgehead atoms. The number of hydrogen-bond acceptors (Lipinski definition) is 9. The van der Waals surface area contributed by atoms with Gasteiger partial charge in [-0.2, -0.15) is 0 Å². The quantitative estimate of drug-likeness (QED) is 0.0979. The highest BCUT2D eigenvalue weighted by Crippen LogP contribution is 2.32. The molecule has 2 aliphatic rings. The summed E-state index contributed by atoms with van der Waals surface area (Å²) in [6, 6.07) is 1.64. The van der Waals surface area contributed by atoms with Crippen molar-refractivity contribution in [1.29, 1.82) is 0 Å². The number of aromatic carboxylic acids is 1. The summed E-state index contributed by atoms with van der Waals surface area (Å²) in [5.74, 6) is -1.03. The number of anilines is 2. The van der Waals surface area contributed by atoms with Gasteiger partial charge in [0.1, 0.15) is 17.2 Å². The Kier molecular flexibility index (Phi) is 15.0. The van der Waals surface area contributed by atoms with Gasteiger partial charge in [0.05, 0.1) is 23.1 Å². The van der Waals surface area contributed by atoms with Gasteiger partial charge in [0, 0.05) is 56.4 Å². The van der Waals surface area contributed by atoms with E-state index in [0.717, 1.165) is 58.0 Å². The number of carbonyl (C=O) groups excluding carboxylic acids is 2. The van der Waals surface area contributed by atoms with Crippen LogP contribution >= 0.6 is 11.3 Å². The van der Waals surface area contributed by atoms with Crippen molar-refractivity contribution in [2.45, 2.75) is 135 Å². The number of carboxylic acids is 1. The van der Waals surface area contributed by atoms with Gasteiger partial charge in [-0.1, -0.05) is 84.0 Å². The summed E-state index contributed by atoms with van der Waals surface area (Å²) < 4.78 is 7.31. The van der Waals surface area contributed by atoms with Crippen LogP contribution in [0.5, 0.6) is 0 Å². The summed E-state index contributed by atoms with van der Waals surface area (Å²) >= 11 is 1.28. The molecule has 11 nitrogen and oxygen atoms in total. The first-order chi connectivity index (χ1) is 24.9. The average molecular weight is 722 g/mol. The Morgan fingerprint density at radius 3 is 2.25 bits per heavy atom. The van der Waals surface area contributed by atoms with Gasteiger partial charge in [0.2, 0.25) is 11.3 Å². The van der Waals surface area contributed by atoms with Crippen molar-refractivity contribution >= 4 is 51.5 Å². The number of unbranched alkanes of at least 4 members (excludes halogenated alkanes) is 12. The van der Waals surface area contributed by atoms with Crippen LogP contribution in [0.15, 0.2) is 28.6 Å². The molecule has 2 saturated heterocycles. The monoisotopic (exact) mass is 721 g/mol. The third-order valence-corrected chi connectivity index (χ3v) is 11.0. The fourth-order valence-electron chi connectivity index (χ4n) is 7.12. The lowest BCUT2D eigenvalue weighted by Crippen LogP contribution is -2.51. The number of hydrogen-bond donors (Lipinski definition) is 2. The summed E-state index contributed by atoms with van der Waals surface area (Å²) in [5.41, 5.74) is -0.728. The molecule has 5 heterocycles. The van der Waals surface area contributed by atoms with Crippen molar-refractivity contribution in [3.05, 3.63) is 39.6 Å². The highest BCUT2D eigenvalue weighted by atomic mass is 32.1. The van der Waals surface area contributed by atoms with E-state index in [1.54, 1.807) is 17.6 Å². The van der Waals surface area contributed by atoms with Gasteiger partial charge in [-0.3, -0.25) is 19.0 Å². The van der Waals surface area contributed by atoms with Crippen molar-refractivity contribution in [3.8, 4) is 5.13 Å². The molecule has 2 fully saturated rings. The molecule has 2 N–H and O–H groups in total. The zero-order valence-corrected chi connectivity index (χ0v) is 31.0. The predicted octanol–water partition coefficient (Wildman–Crippen LogP) is 8.31. The molecule has 12 heteroatoms. The van der Waals surface area contributed by atoms with E-state index in [1.807, 2.05) is 4.90 Å². The molecular formula is C39H55N5O6S. The van der Waals surface area contributed by atoms with E-state index in [2.05, 4.69) is 17.2 Å². The van der Waals surface area contributed by atoms with Crippen molar-refractivity contribution in [2.24, 2.45) is 5.92 Å². The number of aromatic nitrogens is 3. The van der Waals surface area contributed by atoms with Crippen LogP contribution in [-0.4, -0.2) is 63.1 Å². The SMILES string of the molecule is CCCCCCCCCCCCCCCC(=O)Nc1cc(N2CC(C(=O)CCC3CCCCO3)C2)nc2c1c(=O)c(C(=O)O)cn2-c1nccs1. The molecule has 0 aromatic carbocycles. The molecule has 0 aliphatic carbocycles. The summed E-state index contributed by atoms with van der Waals surface area (Å²) in [5, 5.41) is 15.1. The Morgan fingerprint density at radius 2 is 1.65 bits per heavy atom. The van der Waals surface area contributed by atoms with Gasteiger partial charge in [-0.05, 0) is 32.1 Å². The van der Waals surface area contributed by atoms with Gasteiger partial charge in [-0.25, -0.2) is 14.8 Å². The Hall–Kier alpha value is -3.64. The molecule has 3 aromatic rings. The fraction of sp³-hybridized carbons (Fsp3) is 0.641. The standard InChI is InChI=1S/C39H55N5O6S/c1-2-3-4-5-6-7-8-9-10-11-12-13-14-18-34(46)41-31-24-33(43-25-28(26-43)32(45)20-19-29-17-15-16-22-50-29)42-37-35(31)36(47)30(38(48)49)27-44(37)39-40-21-23-51-39/h21,23-24,27-29H,2-20,22,25-26H2,1H3,(H,48,49)(H,41,42,46). The molecule has 2 aliphatic heterocycles. The lowest BCUT2D eigenvalue weighted by molar-refractivity contribution is -0.124. The maximum absolute atomic E-state index is 13.6. The lowest BCUT2D eigenvalue weighted by Gasteiger charge is -2.39. The van der Waals surface area contributed by atoms with Crippen LogP contribution in [0.4, 0.5) is 11.5 Å². The summed E-state index contributed by atoms with van der Waals surface area (Å²) in [7, 11) is 0. The third kappa shape index (κ3) is 10.9. The number of ether oxygens (including phenoxy) is 1. The molecule has 0 saturated carbocycles. The molecule has 5 rings (SSSR count). The Labute approximate surface area is 305 Å². The summed E-state index contributed by atoms with van der Waals surface area (Å²) in [4.78, 5) is 63.2. The van der Waals surface area contributed by atoms with Gasteiger partial charge >= 0.3 is 5.97 Å². The van der Waals surface area contributed by atoms with E-state index < -0.39 is 17.0 Å². The maximum Gasteiger partial charge on any atom is 0.341 e. The first-order valence-corrected chi connectivity index (χ1v) is 20.2. The summed E-state index contributed by atoms with van der Waals surface area (Å²) in [6.07, 6.45) is 23.5. The number of Topliss-reactive ketones (excluding diaryl/α,β-unsaturated/α-hetero) is 1. The van der Waals surface area contributed by atoms with E-state index in [-0.39, 0.29) is 40.4 Å². The molecule has 1 amide bonds. The molecule has 1 unspecified atom stereocenters. The third-order valence-electron chi connectivity index (χ3n) is 10.2. The molecular weight excluding hydrogens is 667 g/mol. The second kappa shape index (κ2) is 19.8.